The zero-order valence-electron chi connectivity index (χ0n) is 11.4. The number of nitrogens with zero attached hydrogens (tertiary/aromatic N) is 1. The summed E-state index contributed by atoms with van der Waals surface area (Å²) in [6, 6.07) is 20.8. The van der Waals surface area contributed by atoms with E-state index in [9.17, 15) is 0 Å². The highest BCUT2D eigenvalue weighted by molar-refractivity contribution is 5.86. The number of pyridine rings is 1. The van der Waals surface area contributed by atoms with Gasteiger partial charge in [-0.05, 0) is 41.3 Å². The third-order valence-electron chi connectivity index (χ3n) is 3.66. The maximum absolute atomic E-state index is 6.38. The highest BCUT2D eigenvalue weighted by Gasteiger charge is 2.09. The first-order chi connectivity index (χ1) is 9.84. The predicted octanol–water partition coefficient (Wildman–Crippen LogP) is 3.87. The van der Waals surface area contributed by atoms with E-state index in [2.05, 4.69) is 53.5 Å². The van der Waals surface area contributed by atoms with Crippen molar-refractivity contribution < 1.29 is 0 Å². The van der Waals surface area contributed by atoms with E-state index in [1.165, 1.54) is 16.3 Å². The molecule has 3 aromatic rings. The van der Waals surface area contributed by atoms with Gasteiger partial charge in [-0.3, -0.25) is 4.98 Å². The summed E-state index contributed by atoms with van der Waals surface area (Å²) in [4.78, 5) is 4.35. The molecule has 1 unspecified atom stereocenters. The molecule has 0 aliphatic carbocycles. The molecule has 1 atom stereocenters. The van der Waals surface area contributed by atoms with Crippen LogP contribution in [0.4, 0.5) is 0 Å². The van der Waals surface area contributed by atoms with Crippen molar-refractivity contribution in [2.75, 3.05) is 0 Å². The summed E-state index contributed by atoms with van der Waals surface area (Å²) < 4.78 is 0. The van der Waals surface area contributed by atoms with E-state index in [0.29, 0.717) is 0 Å². The van der Waals surface area contributed by atoms with E-state index in [1.807, 2.05) is 18.3 Å². The van der Waals surface area contributed by atoms with Gasteiger partial charge >= 0.3 is 0 Å². The number of nitrogens with two attached hydrogens (primary N) is 1. The van der Waals surface area contributed by atoms with Crippen molar-refractivity contribution in [1.82, 2.24) is 4.98 Å². The Hall–Kier alpha value is -2.19. The van der Waals surface area contributed by atoms with Crippen molar-refractivity contribution in [3.8, 4) is 0 Å². The monoisotopic (exact) mass is 262 g/mol. The molecule has 0 saturated heterocycles. The summed E-state index contributed by atoms with van der Waals surface area (Å²) in [6.45, 7) is 0. The predicted molar refractivity (Wildman–Crippen MR) is 83.4 cm³/mol. The first-order valence-electron chi connectivity index (χ1n) is 6.98. The van der Waals surface area contributed by atoms with Crippen molar-refractivity contribution in [2.24, 2.45) is 5.73 Å². The smallest absolute Gasteiger partial charge is 0.0404 e. The third-order valence-corrected chi connectivity index (χ3v) is 3.66. The van der Waals surface area contributed by atoms with Crippen LogP contribution in [0.2, 0.25) is 0 Å². The summed E-state index contributed by atoms with van der Waals surface area (Å²) in [7, 11) is 0. The molecule has 0 saturated carbocycles. The SMILES string of the molecule is NC(CCc1ccccn1)c1cccc2ccccc12. The molecule has 2 nitrogen and oxygen atoms in total. The zero-order chi connectivity index (χ0) is 13.8. The van der Waals surface area contributed by atoms with Crippen LogP contribution in [0.1, 0.15) is 23.7 Å². The highest BCUT2D eigenvalue weighted by Crippen LogP contribution is 2.25. The lowest BCUT2D eigenvalue weighted by Gasteiger charge is -2.14. The molecular weight excluding hydrogens is 244 g/mol. The minimum Gasteiger partial charge on any atom is -0.324 e. The Bertz CT molecular complexity index is 687. The molecule has 0 aliphatic rings. The van der Waals surface area contributed by atoms with Gasteiger partial charge in [0.2, 0.25) is 0 Å². The Labute approximate surface area is 119 Å². The van der Waals surface area contributed by atoms with Gasteiger partial charge in [0, 0.05) is 17.9 Å². The van der Waals surface area contributed by atoms with E-state index in [0.717, 1.165) is 18.5 Å². The quantitative estimate of drug-likeness (QED) is 0.775. The van der Waals surface area contributed by atoms with Gasteiger partial charge in [-0.15, -0.1) is 0 Å². The average Bonchev–Trinajstić information content (AvgIpc) is 2.53. The Balaban J connectivity index is 1.80. The van der Waals surface area contributed by atoms with Gasteiger partial charge in [-0.1, -0.05) is 48.5 Å². The Morgan fingerprint density at radius 2 is 1.70 bits per heavy atom. The zero-order valence-corrected chi connectivity index (χ0v) is 11.4. The van der Waals surface area contributed by atoms with Crippen LogP contribution in [0.25, 0.3) is 10.8 Å². The van der Waals surface area contributed by atoms with Crippen LogP contribution in [-0.4, -0.2) is 4.98 Å². The number of aromatic nitrogens is 1. The number of hydrogen-bond acceptors (Lipinski definition) is 2. The third kappa shape index (κ3) is 2.70. The second-order valence-electron chi connectivity index (χ2n) is 5.03. The van der Waals surface area contributed by atoms with Gasteiger partial charge in [-0.25, -0.2) is 0 Å². The maximum atomic E-state index is 6.38. The lowest BCUT2D eigenvalue weighted by Crippen LogP contribution is -2.12. The van der Waals surface area contributed by atoms with Gasteiger partial charge in [0.05, 0.1) is 0 Å². The topological polar surface area (TPSA) is 38.9 Å². The average molecular weight is 262 g/mol. The lowest BCUT2D eigenvalue weighted by molar-refractivity contribution is 0.648. The van der Waals surface area contributed by atoms with Gasteiger partial charge in [-0.2, -0.15) is 0 Å². The fourth-order valence-electron chi connectivity index (χ4n) is 2.58. The molecule has 0 radical (unpaired) electrons. The minimum absolute atomic E-state index is 0.0445. The molecular formula is C18H18N2. The summed E-state index contributed by atoms with van der Waals surface area (Å²) in [5.74, 6) is 0. The molecule has 0 spiro atoms. The summed E-state index contributed by atoms with van der Waals surface area (Å²) in [6.07, 6.45) is 3.65. The summed E-state index contributed by atoms with van der Waals surface area (Å²) >= 11 is 0. The van der Waals surface area contributed by atoms with E-state index >= 15 is 0 Å². The largest absolute Gasteiger partial charge is 0.324 e. The molecule has 2 aromatic carbocycles. The molecule has 2 heteroatoms. The highest BCUT2D eigenvalue weighted by atomic mass is 14.7. The van der Waals surface area contributed by atoms with E-state index in [1.54, 1.807) is 0 Å². The molecule has 0 amide bonds. The van der Waals surface area contributed by atoms with Gasteiger partial charge in [0.25, 0.3) is 0 Å². The van der Waals surface area contributed by atoms with E-state index < -0.39 is 0 Å². The van der Waals surface area contributed by atoms with Crippen LogP contribution in [0.15, 0.2) is 66.9 Å². The standard InChI is InChI=1S/C18H18N2/c19-18(12-11-15-8-3-4-13-20-15)17-10-5-7-14-6-1-2-9-16(14)17/h1-10,13,18H,11-12,19H2. The Morgan fingerprint density at radius 1 is 0.900 bits per heavy atom. The molecule has 1 heterocycles. The number of fused-ring (bicyclic) bond motifs is 1. The Morgan fingerprint density at radius 3 is 2.55 bits per heavy atom. The molecule has 1 aromatic heterocycles. The Kier molecular flexibility index (Phi) is 3.75. The van der Waals surface area contributed by atoms with Crippen LogP contribution < -0.4 is 5.73 Å². The molecule has 0 bridgehead atoms. The van der Waals surface area contributed by atoms with Crippen LogP contribution >= 0.6 is 0 Å². The van der Waals surface area contributed by atoms with Crippen LogP contribution in [0.3, 0.4) is 0 Å². The second-order valence-corrected chi connectivity index (χ2v) is 5.03. The minimum atomic E-state index is 0.0445. The van der Waals surface area contributed by atoms with Crippen LogP contribution in [0, 0.1) is 0 Å². The number of rotatable bonds is 4. The lowest BCUT2D eigenvalue weighted by atomic mass is 9.96. The van der Waals surface area contributed by atoms with E-state index in [4.69, 9.17) is 5.73 Å². The number of benzene rings is 2. The molecule has 3 rings (SSSR count). The maximum Gasteiger partial charge on any atom is 0.0404 e. The van der Waals surface area contributed by atoms with Crippen molar-refractivity contribution in [1.29, 1.82) is 0 Å². The molecule has 0 fully saturated rings. The molecule has 2 N–H and O–H groups in total. The number of aryl methyl sites for hydroxylation is 1. The van der Waals surface area contributed by atoms with Gasteiger partial charge in [0.1, 0.15) is 0 Å². The first-order valence-corrected chi connectivity index (χ1v) is 6.98. The second kappa shape index (κ2) is 5.85. The van der Waals surface area contributed by atoms with Crippen molar-refractivity contribution >= 4 is 10.8 Å². The number of hydrogen-bond donors (Lipinski definition) is 1. The van der Waals surface area contributed by atoms with Crippen molar-refractivity contribution in [3.05, 3.63) is 78.1 Å². The van der Waals surface area contributed by atoms with Gasteiger partial charge in [0.15, 0.2) is 0 Å². The normalized spacial score (nSPS) is 12.4. The summed E-state index contributed by atoms with van der Waals surface area (Å²) in [5, 5.41) is 2.50. The fraction of sp³-hybridized carbons (Fsp3) is 0.167. The molecule has 0 aliphatic heterocycles. The van der Waals surface area contributed by atoms with E-state index in [-0.39, 0.29) is 6.04 Å². The van der Waals surface area contributed by atoms with Crippen molar-refractivity contribution in [2.45, 2.75) is 18.9 Å². The fourth-order valence-corrected chi connectivity index (χ4v) is 2.58. The van der Waals surface area contributed by atoms with Crippen molar-refractivity contribution in [3.63, 3.8) is 0 Å². The van der Waals surface area contributed by atoms with Crippen LogP contribution in [-0.2, 0) is 6.42 Å². The first kappa shape index (κ1) is 12.8. The van der Waals surface area contributed by atoms with Gasteiger partial charge < -0.3 is 5.73 Å². The molecule has 20 heavy (non-hydrogen) atoms. The summed E-state index contributed by atoms with van der Waals surface area (Å²) in [5.41, 5.74) is 8.70. The molecule has 100 valence electrons. The van der Waals surface area contributed by atoms with Crippen LogP contribution in [0.5, 0.6) is 0 Å².